The number of carbonyl (C=O) groups is 1. The van der Waals surface area contributed by atoms with Crippen LogP contribution in [0.3, 0.4) is 0 Å². The lowest BCUT2D eigenvalue weighted by Gasteiger charge is -2.23. The number of nitrogens with zero attached hydrogens (tertiary/aromatic N) is 7. The van der Waals surface area contributed by atoms with E-state index in [0.29, 0.717) is 47.6 Å². The van der Waals surface area contributed by atoms with Gasteiger partial charge in [-0.2, -0.15) is 15.3 Å². The molecule has 0 aliphatic carbocycles. The summed E-state index contributed by atoms with van der Waals surface area (Å²) < 4.78 is 7.53. The molecule has 1 aliphatic rings. The second-order valence-electron chi connectivity index (χ2n) is 10.9. The van der Waals surface area contributed by atoms with Crippen LogP contribution in [0.2, 0.25) is 0 Å². The van der Waals surface area contributed by atoms with Crippen molar-refractivity contribution in [3.05, 3.63) is 103 Å². The number of ether oxygens (including phenoxy) is 1. The number of nitrogens with one attached hydrogen (secondary N) is 3. The summed E-state index contributed by atoms with van der Waals surface area (Å²) in [6, 6.07) is 22.6. The zero-order chi connectivity index (χ0) is 31.7. The number of pyridine rings is 1. The SMILES string of the molecule is Cn1cc(-c2ccc(N(C(=O)NCc3ccccc3)c3ccc(Nc4ncc(C#N)c(NCC5CCCCO5)n4)cc3)nc2)cn1. The highest BCUT2D eigenvalue weighted by Crippen LogP contribution is 2.28. The number of hydrogen-bond acceptors (Lipinski definition) is 9. The zero-order valence-electron chi connectivity index (χ0n) is 25.4. The first-order chi connectivity index (χ1) is 22.6. The van der Waals surface area contributed by atoms with E-state index in [2.05, 4.69) is 42.1 Å². The number of hydrogen-bond donors (Lipinski definition) is 3. The first-order valence-corrected chi connectivity index (χ1v) is 15.1. The van der Waals surface area contributed by atoms with Crippen LogP contribution in [0, 0.1) is 11.3 Å². The van der Waals surface area contributed by atoms with Gasteiger partial charge in [0.15, 0.2) is 0 Å². The average Bonchev–Trinajstić information content (AvgIpc) is 3.54. The van der Waals surface area contributed by atoms with Crippen LogP contribution in [0.4, 0.5) is 33.8 Å². The van der Waals surface area contributed by atoms with Gasteiger partial charge in [0.1, 0.15) is 23.3 Å². The van der Waals surface area contributed by atoms with Gasteiger partial charge in [-0.25, -0.2) is 19.7 Å². The zero-order valence-corrected chi connectivity index (χ0v) is 25.4. The molecular formula is C34H34N10O2. The Morgan fingerprint density at radius 3 is 2.57 bits per heavy atom. The minimum atomic E-state index is -0.320. The van der Waals surface area contributed by atoms with Gasteiger partial charge in [-0.05, 0) is 61.2 Å². The summed E-state index contributed by atoms with van der Waals surface area (Å²) in [5.74, 6) is 1.25. The fourth-order valence-corrected chi connectivity index (χ4v) is 5.13. The number of carbonyl (C=O) groups excluding carboxylic acids is 1. The molecule has 1 atom stereocenters. The number of rotatable bonds is 10. The monoisotopic (exact) mass is 614 g/mol. The van der Waals surface area contributed by atoms with E-state index in [1.54, 1.807) is 17.1 Å². The average molecular weight is 615 g/mol. The van der Waals surface area contributed by atoms with Crippen LogP contribution in [0.5, 0.6) is 0 Å². The van der Waals surface area contributed by atoms with Crippen molar-refractivity contribution in [2.24, 2.45) is 7.05 Å². The van der Waals surface area contributed by atoms with Crippen LogP contribution in [0.25, 0.3) is 11.1 Å². The molecule has 4 heterocycles. The standard InChI is InChI=1S/C34H34N10O2/c1-43-23-27(21-40-43)25-10-15-31(36-19-25)44(34(45)39-18-24-7-3-2-4-8-24)29-13-11-28(12-14-29)41-33-38-20-26(17-35)32(42-33)37-22-30-9-5-6-16-46-30/h2-4,7-8,10-15,19-21,23,30H,5-6,9,16,18,22H2,1H3,(H,39,45)(H2,37,38,41,42). The topological polar surface area (TPSA) is 146 Å². The molecule has 46 heavy (non-hydrogen) atoms. The van der Waals surface area contributed by atoms with E-state index in [4.69, 9.17) is 4.74 Å². The minimum Gasteiger partial charge on any atom is -0.376 e. The number of anilines is 5. The number of aryl methyl sites for hydroxylation is 1. The summed E-state index contributed by atoms with van der Waals surface area (Å²) in [5.41, 5.74) is 4.49. The van der Waals surface area contributed by atoms with Gasteiger partial charge >= 0.3 is 6.03 Å². The van der Waals surface area contributed by atoms with Gasteiger partial charge in [0.05, 0.1) is 24.2 Å². The molecule has 6 rings (SSSR count). The molecule has 1 unspecified atom stereocenters. The van der Waals surface area contributed by atoms with Crippen molar-refractivity contribution in [2.45, 2.75) is 31.9 Å². The minimum absolute atomic E-state index is 0.0908. The molecule has 1 fully saturated rings. The molecular weight excluding hydrogens is 580 g/mol. The predicted octanol–water partition coefficient (Wildman–Crippen LogP) is 5.92. The van der Waals surface area contributed by atoms with Crippen molar-refractivity contribution in [1.82, 2.24) is 30.0 Å². The van der Waals surface area contributed by atoms with E-state index in [9.17, 15) is 10.1 Å². The maximum Gasteiger partial charge on any atom is 0.327 e. The van der Waals surface area contributed by atoms with Crippen LogP contribution in [0.15, 0.2) is 91.5 Å². The maximum atomic E-state index is 13.6. The third-order valence-electron chi connectivity index (χ3n) is 7.57. The second-order valence-corrected chi connectivity index (χ2v) is 10.9. The third kappa shape index (κ3) is 7.46. The van der Waals surface area contributed by atoms with Crippen molar-refractivity contribution >= 4 is 35.0 Å². The van der Waals surface area contributed by atoms with Gasteiger partial charge in [0.25, 0.3) is 0 Å². The molecule has 232 valence electrons. The fraction of sp³-hybridized carbons (Fsp3) is 0.235. The largest absolute Gasteiger partial charge is 0.376 e. The quantitative estimate of drug-likeness (QED) is 0.175. The number of urea groups is 1. The molecule has 0 spiro atoms. The Morgan fingerprint density at radius 2 is 1.87 bits per heavy atom. The predicted molar refractivity (Wildman–Crippen MR) is 176 cm³/mol. The van der Waals surface area contributed by atoms with E-state index in [1.807, 2.05) is 80.0 Å². The van der Waals surface area contributed by atoms with Gasteiger partial charge in [-0.15, -0.1) is 0 Å². The van der Waals surface area contributed by atoms with Crippen molar-refractivity contribution in [1.29, 1.82) is 5.26 Å². The van der Waals surface area contributed by atoms with Gasteiger partial charge < -0.3 is 20.7 Å². The van der Waals surface area contributed by atoms with E-state index in [-0.39, 0.29) is 12.1 Å². The number of benzene rings is 2. The second kappa shape index (κ2) is 14.3. The summed E-state index contributed by atoms with van der Waals surface area (Å²) in [6.45, 7) is 1.69. The highest BCUT2D eigenvalue weighted by molar-refractivity contribution is 5.98. The molecule has 5 aromatic rings. The summed E-state index contributed by atoms with van der Waals surface area (Å²) in [5, 5.41) is 23.3. The van der Waals surface area contributed by atoms with Gasteiger partial charge in [0.2, 0.25) is 5.95 Å². The first kappa shape index (κ1) is 30.2. The van der Waals surface area contributed by atoms with Crippen LogP contribution >= 0.6 is 0 Å². The van der Waals surface area contributed by atoms with E-state index in [1.165, 1.54) is 11.1 Å². The molecule has 2 amide bonds. The van der Waals surface area contributed by atoms with E-state index < -0.39 is 0 Å². The Bertz CT molecular complexity index is 1790. The Morgan fingerprint density at radius 1 is 1.02 bits per heavy atom. The molecule has 3 aromatic heterocycles. The Labute approximate surface area is 267 Å². The maximum absolute atomic E-state index is 13.6. The Hall–Kier alpha value is -5.80. The summed E-state index contributed by atoms with van der Waals surface area (Å²) >= 11 is 0. The van der Waals surface area contributed by atoms with Gasteiger partial charge in [0, 0.05) is 56.0 Å². The Kier molecular flexibility index (Phi) is 9.41. The van der Waals surface area contributed by atoms with Crippen molar-refractivity contribution in [3.63, 3.8) is 0 Å². The van der Waals surface area contributed by atoms with Crippen molar-refractivity contribution < 1.29 is 9.53 Å². The van der Waals surface area contributed by atoms with E-state index >= 15 is 0 Å². The van der Waals surface area contributed by atoms with Gasteiger partial charge in [-0.3, -0.25) is 4.68 Å². The first-order valence-electron chi connectivity index (χ1n) is 15.1. The fourth-order valence-electron chi connectivity index (χ4n) is 5.13. The van der Waals surface area contributed by atoms with Crippen LogP contribution in [-0.2, 0) is 18.3 Å². The Balaban J connectivity index is 1.20. The molecule has 2 aromatic carbocycles. The van der Waals surface area contributed by atoms with Crippen LogP contribution < -0.4 is 20.9 Å². The molecule has 3 N–H and O–H groups in total. The third-order valence-corrected chi connectivity index (χ3v) is 7.57. The highest BCUT2D eigenvalue weighted by Gasteiger charge is 2.20. The number of amides is 2. The molecule has 12 nitrogen and oxygen atoms in total. The molecule has 0 bridgehead atoms. The number of aromatic nitrogens is 5. The van der Waals surface area contributed by atoms with Crippen molar-refractivity contribution in [2.75, 3.05) is 28.7 Å². The molecule has 0 radical (unpaired) electrons. The van der Waals surface area contributed by atoms with Crippen molar-refractivity contribution in [3.8, 4) is 17.2 Å². The smallest absolute Gasteiger partial charge is 0.327 e. The van der Waals surface area contributed by atoms with Crippen LogP contribution in [0.1, 0.15) is 30.4 Å². The van der Waals surface area contributed by atoms with Crippen LogP contribution in [-0.4, -0.2) is 50.0 Å². The summed E-state index contributed by atoms with van der Waals surface area (Å²) in [7, 11) is 1.86. The lowest BCUT2D eigenvalue weighted by Crippen LogP contribution is -2.37. The lowest BCUT2D eigenvalue weighted by molar-refractivity contribution is 0.0247. The number of nitriles is 1. The normalized spacial score (nSPS) is 14.2. The summed E-state index contributed by atoms with van der Waals surface area (Å²) in [6.07, 6.45) is 10.2. The summed E-state index contributed by atoms with van der Waals surface area (Å²) in [4.78, 5) is 28.6. The highest BCUT2D eigenvalue weighted by atomic mass is 16.5. The van der Waals surface area contributed by atoms with E-state index in [0.717, 1.165) is 42.6 Å². The molecule has 0 saturated carbocycles. The molecule has 12 heteroatoms. The molecule has 1 saturated heterocycles. The lowest BCUT2D eigenvalue weighted by atomic mass is 10.1. The van der Waals surface area contributed by atoms with Gasteiger partial charge in [-0.1, -0.05) is 30.3 Å². The molecule has 1 aliphatic heterocycles.